The van der Waals surface area contributed by atoms with Crippen molar-refractivity contribution in [3.8, 4) is 0 Å². The normalized spacial score (nSPS) is 13.9. The molecule has 0 spiro atoms. The molecule has 4 heteroatoms. The van der Waals surface area contributed by atoms with Gasteiger partial charge in [0.2, 0.25) is 5.91 Å². The van der Waals surface area contributed by atoms with Gasteiger partial charge in [-0.05, 0) is 66.8 Å². The van der Waals surface area contributed by atoms with Gasteiger partial charge in [0, 0.05) is 23.8 Å². The number of aryl methyl sites for hydroxylation is 3. The molecule has 2 aromatic carbocycles. The average molecular weight is 329 g/mol. The van der Waals surface area contributed by atoms with E-state index in [-0.39, 0.29) is 5.91 Å². The van der Waals surface area contributed by atoms with Crippen molar-refractivity contribution in [3.63, 3.8) is 0 Å². The van der Waals surface area contributed by atoms with Crippen LogP contribution in [0.2, 0.25) is 5.02 Å². The van der Waals surface area contributed by atoms with Crippen molar-refractivity contribution in [1.82, 2.24) is 4.90 Å². The molecule has 1 heterocycles. The van der Waals surface area contributed by atoms with Crippen molar-refractivity contribution in [3.05, 3.63) is 63.2 Å². The largest absolute Gasteiger partial charge is 0.325 e. The van der Waals surface area contributed by atoms with E-state index in [1.165, 1.54) is 22.3 Å². The van der Waals surface area contributed by atoms with E-state index in [2.05, 4.69) is 36.2 Å². The molecular formula is C19H21ClN2O. The lowest BCUT2D eigenvalue weighted by Crippen LogP contribution is -2.29. The van der Waals surface area contributed by atoms with Gasteiger partial charge < -0.3 is 5.32 Å². The Labute approximate surface area is 142 Å². The molecule has 1 amide bonds. The first kappa shape index (κ1) is 16.0. The Balaban J connectivity index is 1.63. The maximum Gasteiger partial charge on any atom is 0.238 e. The van der Waals surface area contributed by atoms with Crippen LogP contribution in [0, 0.1) is 20.8 Å². The predicted molar refractivity (Wildman–Crippen MR) is 94.8 cm³/mol. The Morgan fingerprint density at radius 1 is 1.04 bits per heavy atom. The molecule has 3 nitrogen and oxygen atoms in total. The van der Waals surface area contributed by atoms with Crippen LogP contribution in [0.25, 0.3) is 0 Å². The molecule has 120 valence electrons. The van der Waals surface area contributed by atoms with Crippen LogP contribution in [0.3, 0.4) is 0 Å². The molecule has 0 saturated heterocycles. The van der Waals surface area contributed by atoms with E-state index < -0.39 is 0 Å². The van der Waals surface area contributed by atoms with Crippen LogP contribution in [0.15, 0.2) is 30.3 Å². The van der Waals surface area contributed by atoms with Crippen LogP contribution in [0.5, 0.6) is 0 Å². The minimum Gasteiger partial charge on any atom is -0.325 e. The zero-order chi connectivity index (χ0) is 16.6. The standard InChI is InChI=1S/C19H21ClN2O/c1-12-6-15-9-22(10-16(15)7-13(12)2)11-19(23)21-18-5-4-17(20)8-14(18)3/h4-8H,9-11H2,1-3H3,(H,21,23). The minimum absolute atomic E-state index is 0.0108. The molecule has 0 saturated carbocycles. The van der Waals surface area contributed by atoms with E-state index in [4.69, 9.17) is 11.6 Å². The van der Waals surface area contributed by atoms with Crippen LogP contribution in [0.4, 0.5) is 5.69 Å². The number of hydrogen-bond donors (Lipinski definition) is 1. The molecule has 0 atom stereocenters. The third-order valence-corrected chi connectivity index (χ3v) is 4.67. The lowest BCUT2D eigenvalue weighted by atomic mass is 10.0. The highest BCUT2D eigenvalue weighted by molar-refractivity contribution is 6.30. The van der Waals surface area contributed by atoms with Crippen LogP contribution < -0.4 is 5.32 Å². The van der Waals surface area contributed by atoms with Gasteiger partial charge in [-0.2, -0.15) is 0 Å². The first-order chi connectivity index (χ1) is 10.9. The summed E-state index contributed by atoms with van der Waals surface area (Å²) in [4.78, 5) is 14.5. The van der Waals surface area contributed by atoms with E-state index in [0.717, 1.165) is 24.3 Å². The van der Waals surface area contributed by atoms with Gasteiger partial charge in [-0.3, -0.25) is 9.69 Å². The molecule has 0 radical (unpaired) electrons. The lowest BCUT2D eigenvalue weighted by Gasteiger charge is -2.15. The first-order valence-corrected chi connectivity index (χ1v) is 8.17. The SMILES string of the molecule is Cc1cc2c(cc1C)CN(CC(=O)Nc1ccc(Cl)cc1C)C2. The zero-order valence-electron chi connectivity index (χ0n) is 13.7. The highest BCUT2D eigenvalue weighted by Gasteiger charge is 2.21. The van der Waals surface area contributed by atoms with Crippen molar-refractivity contribution in [2.45, 2.75) is 33.9 Å². The highest BCUT2D eigenvalue weighted by atomic mass is 35.5. The molecule has 23 heavy (non-hydrogen) atoms. The van der Waals surface area contributed by atoms with Crippen molar-refractivity contribution in [1.29, 1.82) is 0 Å². The molecule has 0 unspecified atom stereocenters. The predicted octanol–water partition coefficient (Wildman–Crippen LogP) is 4.22. The van der Waals surface area contributed by atoms with Gasteiger partial charge >= 0.3 is 0 Å². The van der Waals surface area contributed by atoms with Crippen molar-refractivity contribution in [2.75, 3.05) is 11.9 Å². The second-order valence-electron chi connectivity index (χ2n) is 6.36. The topological polar surface area (TPSA) is 32.3 Å². The van der Waals surface area contributed by atoms with Crippen molar-refractivity contribution >= 4 is 23.2 Å². The van der Waals surface area contributed by atoms with E-state index in [1.807, 2.05) is 19.1 Å². The number of amides is 1. The molecular weight excluding hydrogens is 308 g/mol. The zero-order valence-corrected chi connectivity index (χ0v) is 14.5. The van der Waals surface area contributed by atoms with E-state index >= 15 is 0 Å². The summed E-state index contributed by atoms with van der Waals surface area (Å²) in [5.74, 6) is 0.0108. The lowest BCUT2D eigenvalue weighted by molar-refractivity contribution is -0.117. The van der Waals surface area contributed by atoms with Crippen LogP contribution in [0.1, 0.15) is 27.8 Å². The summed E-state index contributed by atoms with van der Waals surface area (Å²) in [6.45, 7) is 8.28. The fourth-order valence-corrected chi connectivity index (χ4v) is 3.27. The molecule has 0 fully saturated rings. The smallest absolute Gasteiger partial charge is 0.238 e. The van der Waals surface area contributed by atoms with Crippen LogP contribution in [-0.4, -0.2) is 17.4 Å². The maximum absolute atomic E-state index is 12.3. The summed E-state index contributed by atoms with van der Waals surface area (Å²) >= 11 is 5.95. The highest BCUT2D eigenvalue weighted by Crippen LogP contribution is 2.26. The summed E-state index contributed by atoms with van der Waals surface area (Å²) in [6, 6.07) is 9.98. The average Bonchev–Trinajstić information content (AvgIpc) is 2.83. The van der Waals surface area contributed by atoms with E-state index in [1.54, 1.807) is 6.07 Å². The monoisotopic (exact) mass is 328 g/mol. The Hall–Kier alpha value is -1.84. The molecule has 1 aliphatic rings. The van der Waals surface area contributed by atoms with Crippen LogP contribution >= 0.6 is 11.6 Å². The quantitative estimate of drug-likeness (QED) is 0.915. The number of nitrogens with one attached hydrogen (secondary N) is 1. The van der Waals surface area contributed by atoms with Gasteiger partial charge in [-0.25, -0.2) is 0 Å². The van der Waals surface area contributed by atoms with Gasteiger partial charge in [-0.1, -0.05) is 23.7 Å². The molecule has 1 aliphatic heterocycles. The van der Waals surface area contributed by atoms with Gasteiger partial charge in [0.05, 0.1) is 6.54 Å². The third-order valence-electron chi connectivity index (χ3n) is 4.43. The van der Waals surface area contributed by atoms with Gasteiger partial charge in [0.15, 0.2) is 0 Å². The Bertz CT molecular complexity index is 739. The fraction of sp³-hybridized carbons (Fsp3) is 0.316. The number of nitrogens with zero attached hydrogens (tertiary/aromatic N) is 1. The van der Waals surface area contributed by atoms with Crippen LogP contribution in [-0.2, 0) is 17.9 Å². The molecule has 0 aromatic heterocycles. The number of hydrogen-bond acceptors (Lipinski definition) is 2. The number of anilines is 1. The molecule has 3 rings (SSSR count). The summed E-state index contributed by atoms with van der Waals surface area (Å²) in [6.07, 6.45) is 0. The number of benzene rings is 2. The third kappa shape index (κ3) is 3.57. The first-order valence-electron chi connectivity index (χ1n) is 7.80. The Morgan fingerprint density at radius 2 is 1.65 bits per heavy atom. The number of carbonyl (C=O) groups is 1. The van der Waals surface area contributed by atoms with Crippen molar-refractivity contribution < 1.29 is 4.79 Å². The van der Waals surface area contributed by atoms with Crippen molar-refractivity contribution in [2.24, 2.45) is 0 Å². The second-order valence-corrected chi connectivity index (χ2v) is 6.79. The molecule has 1 N–H and O–H groups in total. The minimum atomic E-state index is 0.0108. The molecule has 0 bridgehead atoms. The second kappa shape index (κ2) is 6.34. The molecule has 0 aliphatic carbocycles. The Morgan fingerprint density at radius 3 is 2.22 bits per heavy atom. The molecule has 2 aromatic rings. The Kier molecular flexibility index (Phi) is 4.42. The van der Waals surface area contributed by atoms with Gasteiger partial charge in [0.1, 0.15) is 0 Å². The number of fused-ring (bicyclic) bond motifs is 1. The van der Waals surface area contributed by atoms with E-state index in [0.29, 0.717) is 11.6 Å². The maximum atomic E-state index is 12.3. The van der Waals surface area contributed by atoms with E-state index in [9.17, 15) is 4.79 Å². The summed E-state index contributed by atoms with van der Waals surface area (Å²) in [5.41, 5.74) is 7.09. The summed E-state index contributed by atoms with van der Waals surface area (Å²) < 4.78 is 0. The number of carbonyl (C=O) groups excluding carboxylic acids is 1. The summed E-state index contributed by atoms with van der Waals surface area (Å²) in [5, 5.41) is 3.66. The fourth-order valence-electron chi connectivity index (χ4n) is 3.04. The van der Waals surface area contributed by atoms with Gasteiger partial charge in [-0.15, -0.1) is 0 Å². The number of halogens is 1. The number of rotatable bonds is 3. The van der Waals surface area contributed by atoms with Gasteiger partial charge in [0.25, 0.3) is 0 Å². The summed E-state index contributed by atoms with van der Waals surface area (Å²) in [7, 11) is 0.